The average Bonchev–Trinajstić information content (AvgIpc) is 3.21. The third-order valence-electron chi connectivity index (χ3n) is 3.70. The quantitative estimate of drug-likeness (QED) is 0.599. The summed E-state index contributed by atoms with van der Waals surface area (Å²) in [5.74, 6) is 0.391. The van der Waals surface area contributed by atoms with Gasteiger partial charge in [0.25, 0.3) is 5.91 Å². The van der Waals surface area contributed by atoms with Gasteiger partial charge in [0.2, 0.25) is 11.1 Å². The molecule has 0 bridgehead atoms. The Bertz CT molecular complexity index is 957. The van der Waals surface area contributed by atoms with E-state index in [-0.39, 0.29) is 5.75 Å². The van der Waals surface area contributed by atoms with Gasteiger partial charge in [-0.3, -0.25) is 14.9 Å². The van der Waals surface area contributed by atoms with Crippen LogP contribution in [0.15, 0.2) is 53.7 Å². The first kappa shape index (κ1) is 19.4. The minimum absolute atomic E-state index is 0.0155. The second-order valence-electron chi connectivity index (χ2n) is 5.47. The number of amides is 2. The molecular formula is C18H17N5O4S. The van der Waals surface area contributed by atoms with Gasteiger partial charge < -0.3 is 9.47 Å². The molecule has 0 aliphatic heterocycles. The summed E-state index contributed by atoms with van der Waals surface area (Å²) >= 11 is 1.12. The number of hydrogen-bond donors (Lipinski definition) is 1. The van der Waals surface area contributed by atoms with Crippen LogP contribution in [0.25, 0.3) is 5.69 Å². The first-order chi connectivity index (χ1) is 13.6. The molecule has 1 aromatic heterocycles. The molecule has 0 fully saturated rings. The maximum atomic E-state index is 12.1. The van der Waals surface area contributed by atoms with Crippen molar-refractivity contribution in [3.63, 3.8) is 0 Å². The van der Waals surface area contributed by atoms with Gasteiger partial charge in [-0.15, -0.1) is 5.10 Å². The lowest BCUT2D eigenvalue weighted by Crippen LogP contribution is -2.31. The number of thioether (sulfide) groups is 1. The van der Waals surface area contributed by atoms with Crippen molar-refractivity contribution >= 4 is 23.6 Å². The third kappa shape index (κ3) is 4.65. The van der Waals surface area contributed by atoms with Crippen molar-refractivity contribution < 1.29 is 19.1 Å². The number of benzene rings is 2. The van der Waals surface area contributed by atoms with E-state index < -0.39 is 11.8 Å². The van der Waals surface area contributed by atoms with Gasteiger partial charge in [-0.2, -0.15) is 4.68 Å². The van der Waals surface area contributed by atoms with Crippen LogP contribution in [0, 0.1) is 0 Å². The summed E-state index contributed by atoms with van der Waals surface area (Å²) < 4.78 is 11.7. The highest BCUT2D eigenvalue weighted by Gasteiger charge is 2.14. The maximum Gasteiger partial charge on any atom is 0.257 e. The number of tetrazole rings is 1. The monoisotopic (exact) mass is 399 g/mol. The van der Waals surface area contributed by atoms with E-state index >= 15 is 0 Å². The zero-order valence-corrected chi connectivity index (χ0v) is 16.0. The van der Waals surface area contributed by atoms with E-state index in [0.29, 0.717) is 22.2 Å². The fourth-order valence-corrected chi connectivity index (χ4v) is 2.95. The van der Waals surface area contributed by atoms with Crippen molar-refractivity contribution in [3.05, 3.63) is 54.1 Å². The van der Waals surface area contributed by atoms with Crippen LogP contribution in [0.1, 0.15) is 10.4 Å². The number of rotatable bonds is 7. The number of hydrogen-bond acceptors (Lipinski definition) is 8. The maximum absolute atomic E-state index is 12.1. The molecule has 0 spiro atoms. The van der Waals surface area contributed by atoms with E-state index in [4.69, 9.17) is 9.47 Å². The lowest BCUT2D eigenvalue weighted by molar-refractivity contribution is -0.117. The van der Waals surface area contributed by atoms with E-state index in [2.05, 4.69) is 20.8 Å². The Hall–Kier alpha value is -3.40. The summed E-state index contributed by atoms with van der Waals surface area (Å²) in [5, 5.41) is 14.3. The highest BCUT2D eigenvalue weighted by atomic mass is 32.2. The number of carbonyl (C=O) groups excluding carboxylic acids is 2. The molecule has 0 aliphatic rings. The Morgan fingerprint density at radius 1 is 1.00 bits per heavy atom. The number of aromatic nitrogens is 4. The van der Waals surface area contributed by atoms with Gasteiger partial charge in [-0.25, -0.2) is 0 Å². The Balaban J connectivity index is 1.58. The van der Waals surface area contributed by atoms with Crippen molar-refractivity contribution in [2.45, 2.75) is 5.16 Å². The highest BCUT2D eigenvalue weighted by Crippen LogP contribution is 2.20. The summed E-state index contributed by atoms with van der Waals surface area (Å²) in [5.41, 5.74) is 1.09. The largest absolute Gasteiger partial charge is 0.497 e. The van der Waals surface area contributed by atoms with Crippen molar-refractivity contribution in [2.75, 3.05) is 20.0 Å². The molecule has 3 aromatic rings. The number of imide groups is 1. The van der Waals surface area contributed by atoms with Crippen molar-refractivity contribution in [3.8, 4) is 17.2 Å². The van der Waals surface area contributed by atoms with Crippen LogP contribution in [0.5, 0.6) is 11.5 Å². The molecule has 0 radical (unpaired) electrons. The van der Waals surface area contributed by atoms with Crippen molar-refractivity contribution in [1.82, 2.24) is 25.5 Å². The molecule has 28 heavy (non-hydrogen) atoms. The molecule has 1 N–H and O–H groups in total. The number of ether oxygens (including phenoxy) is 2. The van der Waals surface area contributed by atoms with E-state index in [1.165, 1.54) is 11.8 Å². The Morgan fingerprint density at radius 3 is 2.21 bits per heavy atom. The topological polar surface area (TPSA) is 108 Å². The molecule has 0 aliphatic carbocycles. The van der Waals surface area contributed by atoms with Gasteiger partial charge in [0.15, 0.2) is 0 Å². The van der Waals surface area contributed by atoms with Gasteiger partial charge in [-0.05, 0) is 59.0 Å². The van der Waals surface area contributed by atoms with Crippen molar-refractivity contribution in [1.29, 1.82) is 0 Å². The van der Waals surface area contributed by atoms with Gasteiger partial charge >= 0.3 is 0 Å². The summed E-state index contributed by atoms with van der Waals surface area (Å²) in [6, 6.07) is 13.6. The number of nitrogens with zero attached hydrogens (tertiary/aromatic N) is 4. The van der Waals surface area contributed by atoms with E-state index in [0.717, 1.165) is 17.4 Å². The van der Waals surface area contributed by atoms with Crippen LogP contribution in [0.3, 0.4) is 0 Å². The summed E-state index contributed by atoms with van der Waals surface area (Å²) in [6.45, 7) is 0. The fraction of sp³-hybridized carbons (Fsp3) is 0.167. The normalized spacial score (nSPS) is 10.4. The molecule has 0 atom stereocenters. The molecule has 0 saturated heterocycles. The van der Waals surface area contributed by atoms with Gasteiger partial charge in [0.1, 0.15) is 11.5 Å². The predicted octanol–water partition coefficient (Wildman–Crippen LogP) is 1.73. The van der Waals surface area contributed by atoms with Gasteiger partial charge in [0.05, 0.1) is 25.7 Å². The third-order valence-corrected chi connectivity index (χ3v) is 4.61. The first-order valence-electron chi connectivity index (χ1n) is 8.14. The molecule has 1 heterocycles. The van der Waals surface area contributed by atoms with Crippen LogP contribution in [0.2, 0.25) is 0 Å². The van der Waals surface area contributed by atoms with Crippen molar-refractivity contribution in [2.24, 2.45) is 0 Å². The Labute approximate surface area is 165 Å². The van der Waals surface area contributed by atoms with E-state index in [1.54, 1.807) is 55.6 Å². The Kier molecular flexibility index (Phi) is 6.22. The smallest absolute Gasteiger partial charge is 0.257 e. The molecule has 144 valence electrons. The summed E-state index contributed by atoms with van der Waals surface area (Å²) in [6.07, 6.45) is 0. The fourth-order valence-electron chi connectivity index (χ4n) is 2.26. The van der Waals surface area contributed by atoms with E-state index in [1.807, 2.05) is 0 Å². The lowest BCUT2D eigenvalue weighted by Gasteiger charge is -2.06. The minimum atomic E-state index is -0.483. The zero-order valence-electron chi connectivity index (χ0n) is 15.2. The predicted molar refractivity (Wildman–Crippen MR) is 102 cm³/mol. The first-order valence-corrected chi connectivity index (χ1v) is 9.13. The second-order valence-corrected chi connectivity index (χ2v) is 6.41. The molecule has 10 heteroatoms. The minimum Gasteiger partial charge on any atom is -0.497 e. The molecule has 0 saturated carbocycles. The van der Waals surface area contributed by atoms with Crippen LogP contribution in [-0.4, -0.2) is 52.0 Å². The van der Waals surface area contributed by atoms with Gasteiger partial charge in [-0.1, -0.05) is 11.8 Å². The van der Waals surface area contributed by atoms with Crippen LogP contribution in [-0.2, 0) is 4.79 Å². The SMILES string of the molecule is COc1ccc(C(=O)NC(=O)CSc2nnnn2-c2ccc(OC)cc2)cc1. The van der Waals surface area contributed by atoms with Crippen LogP contribution < -0.4 is 14.8 Å². The molecular weight excluding hydrogens is 382 g/mol. The lowest BCUT2D eigenvalue weighted by atomic mass is 10.2. The number of carbonyl (C=O) groups is 2. The summed E-state index contributed by atoms with van der Waals surface area (Å²) in [7, 11) is 3.12. The standard InChI is InChI=1S/C18H17N5O4S/c1-26-14-7-3-12(4-8-14)17(25)19-16(24)11-28-18-20-21-22-23(18)13-5-9-15(27-2)10-6-13/h3-10H,11H2,1-2H3,(H,19,24,25). The second kappa shape index (κ2) is 9.00. The molecule has 0 unspecified atom stereocenters. The summed E-state index contributed by atoms with van der Waals surface area (Å²) in [4.78, 5) is 24.2. The highest BCUT2D eigenvalue weighted by molar-refractivity contribution is 7.99. The molecule has 9 nitrogen and oxygen atoms in total. The molecule has 3 rings (SSSR count). The number of nitrogens with one attached hydrogen (secondary N) is 1. The zero-order chi connectivity index (χ0) is 19.9. The van der Waals surface area contributed by atoms with Gasteiger partial charge in [0, 0.05) is 5.56 Å². The van der Waals surface area contributed by atoms with Crippen LogP contribution in [0.4, 0.5) is 0 Å². The Morgan fingerprint density at radius 2 is 1.61 bits per heavy atom. The number of methoxy groups -OCH3 is 2. The molecule has 2 aromatic carbocycles. The molecule has 2 amide bonds. The average molecular weight is 399 g/mol. The van der Waals surface area contributed by atoms with Crippen LogP contribution >= 0.6 is 11.8 Å². The van der Waals surface area contributed by atoms with E-state index in [9.17, 15) is 9.59 Å².